The van der Waals surface area contributed by atoms with Crippen molar-refractivity contribution < 1.29 is 9.21 Å². The first kappa shape index (κ1) is 11.2. The van der Waals surface area contributed by atoms with Crippen molar-refractivity contribution in [2.24, 2.45) is 0 Å². The Morgan fingerprint density at radius 3 is 2.94 bits per heavy atom. The predicted octanol–water partition coefficient (Wildman–Crippen LogP) is 2.68. The lowest BCUT2D eigenvalue weighted by atomic mass is 10.2. The fraction of sp³-hybridized carbons (Fsp3) is 0.100. The van der Waals surface area contributed by atoms with E-state index in [1.54, 1.807) is 12.1 Å². The summed E-state index contributed by atoms with van der Waals surface area (Å²) in [6.45, 7) is 0. The minimum atomic E-state index is 0.296. The molecule has 0 aliphatic heterocycles. The van der Waals surface area contributed by atoms with Gasteiger partial charge in [0.15, 0.2) is 0 Å². The molecule has 0 radical (unpaired) electrons. The zero-order chi connectivity index (χ0) is 11.4. The highest BCUT2D eigenvalue weighted by molar-refractivity contribution is 7.99. The van der Waals surface area contributed by atoms with Gasteiger partial charge in [-0.3, -0.25) is 0 Å². The highest BCUT2D eigenvalue weighted by atomic mass is 35.5. The third-order valence-electron chi connectivity index (χ3n) is 1.79. The molecular formula is C10H7ClN2O2S. The van der Waals surface area contributed by atoms with E-state index in [4.69, 9.17) is 16.0 Å². The smallest absolute Gasteiger partial charge is 0.277 e. The van der Waals surface area contributed by atoms with Crippen LogP contribution in [0.1, 0.15) is 0 Å². The van der Waals surface area contributed by atoms with Gasteiger partial charge < -0.3 is 9.21 Å². The Labute approximate surface area is 101 Å². The Morgan fingerprint density at radius 2 is 2.19 bits per heavy atom. The van der Waals surface area contributed by atoms with Gasteiger partial charge in [-0.1, -0.05) is 35.5 Å². The molecule has 1 heterocycles. The van der Waals surface area contributed by atoms with E-state index in [2.05, 4.69) is 10.2 Å². The van der Waals surface area contributed by atoms with Gasteiger partial charge in [0, 0.05) is 0 Å². The summed E-state index contributed by atoms with van der Waals surface area (Å²) in [4.78, 5) is 10.2. The lowest BCUT2D eigenvalue weighted by molar-refractivity contribution is -0.105. The zero-order valence-electron chi connectivity index (χ0n) is 8.09. The molecule has 0 amide bonds. The van der Waals surface area contributed by atoms with Gasteiger partial charge in [0.2, 0.25) is 5.89 Å². The van der Waals surface area contributed by atoms with E-state index in [0.717, 1.165) is 6.29 Å². The largest absolute Gasteiger partial charge is 0.411 e. The number of benzene rings is 1. The lowest BCUT2D eigenvalue weighted by Gasteiger charge is -1.96. The van der Waals surface area contributed by atoms with Crippen molar-refractivity contribution in [2.75, 3.05) is 5.75 Å². The van der Waals surface area contributed by atoms with Gasteiger partial charge in [-0.15, -0.1) is 10.2 Å². The summed E-state index contributed by atoms with van der Waals surface area (Å²) < 4.78 is 5.35. The number of halogens is 1. The van der Waals surface area contributed by atoms with Crippen LogP contribution in [0.2, 0.25) is 5.02 Å². The average molecular weight is 255 g/mol. The van der Waals surface area contributed by atoms with E-state index in [1.165, 1.54) is 11.8 Å². The Bertz CT molecular complexity index is 501. The molecule has 16 heavy (non-hydrogen) atoms. The Kier molecular flexibility index (Phi) is 3.58. The second-order valence-corrected chi connectivity index (χ2v) is 4.21. The number of nitrogens with zero attached hydrogens (tertiary/aromatic N) is 2. The predicted molar refractivity (Wildman–Crippen MR) is 61.5 cm³/mol. The van der Waals surface area contributed by atoms with Crippen molar-refractivity contribution in [1.29, 1.82) is 0 Å². The molecule has 0 saturated carbocycles. The summed E-state index contributed by atoms with van der Waals surface area (Å²) in [5.41, 5.74) is 0.689. The summed E-state index contributed by atoms with van der Waals surface area (Å²) in [6.07, 6.45) is 0.782. The molecule has 4 nitrogen and oxygen atoms in total. The molecule has 0 unspecified atom stereocenters. The second-order valence-electron chi connectivity index (χ2n) is 2.83. The summed E-state index contributed by atoms with van der Waals surface area (Å²) in [6, 6.07) is 7.21. The number of aromatic nitrogens is 2. The first-order valence-electron chi connectivity index (χ1n) is 4.46. The van der Waals surface area contributed by atoms with Crippen LogP contribution in [0.15, 0.2) is 33.9 Å². The highest BCUT2D eigenvalue weighted by Crippen LogP contribution is 2.28. The van der Waals surface area contributed by atoms with E-state index < -0.39 is 0 Å². The molecule has 1 aromatic carbocycles. The molecule has 0 N–H and O–H groups in total. The van der Waals surface area contributed by atoms with Crippen LogP contribution >= 0.6 is 23.4 Å². The van der Waals surface area contributed by atoms with Crippen LogP contribution in [-0.2, 0) is 4.79 Å². The molecular weight excluding hydrogens is 248 g/mol. The van der Waals surface area contributed by atoms with Crippen LogP contribution in [-0.4, -0.2) is 22.2 Å². The molecule has 0 aliphatic rings. The first-order chi connectivity index (χ1) is 7.81. The SMILES string of the molecule is O=CCSc1nnc(-c2ccccc2Cl)o1. The number of hydrogen-bond donors (Lipinski definition) is 0. The van der Waals surface area contributed by atoms with Crippen molar-refractivity contribution in [2.45, 2.75) is 5.22 Å². The van der Waals surface area contributed by atoms with Gasteiger partial charge in [0.25, 0.3) is 5.22 Å². The van der Waals surface area contributed by atoms with Gasteiger partial charge in [0.1, 0.15) is 6.29 Å². The van der Waals surface area contributed by atoms with Gasteiger partial charge >= 0.3 is 0 Å². The molecule has 0 bridgehead atoms. The van der Waals surface area contributed by atoms with Crippen LogP contribution in [0, 0.1) is 0 Å². The van der Waals surface area contributed by atoms with Crippen LogP contribution in [0.25, 0.3) is 11.5 Å². The monoisotopic (exact) mass is 254 g/mol. The second kappa shape index (κ2) is 5.14. The van der Waals surface area contributed by atoms with E-state index in [1.807, 2.05) is 12.1 Å². The Hall–Kier alpha value is -1.33. The van der Waals surface area contributed by atoms with E-state index >= 15 is 0 Å². The number of aldehydes is 1. The van der Waals surface area contributed by atoms with Gasteiger partial charge in [0.05, 0.1) is 16.3 Å². The third-order valence-corrected chi connectivity index (χ3v) is 2.83. The van der Waals surface area contributed by atoms with Crippen LogP contribution in [0.5, 0.6) is 0 Å². The normalized spacial score (nSPS) is 10.3. The minimum absolute atomic E-state index is 0.296. The molecule has 2 rings (SSSR count). The van der Waals surface area contributed by atoms with Crippen molar-refractivity contribution in [3.05, 3.63) is 29.3 Å². The van der Waals surface area contributed by atoms with Crippen LogP contribution in [0.3, 0.4) is 0 Å². The molecule has 0 spiro atoms. The van der Waals surface area contributed by atoms with Crippen LogP contribution < -0.4 is 0 Å². The molecule has 1 aromatic heterocycles. The number of carbonyl (C=O) groups is 1. The van der Waals surface area contributed by atoms with Gasteiger partial charge in [-0.25, -0.2) is 0 Å². The van der Waals surface area contributed by atoms with Gasteiger partial charge in [-0.2, -0.15) is 0 Å². The maximum absolute atomic E-state index is 10.2. The molecule has 6 heteroatoms. The maximum Gasteiger partial charge on any atom is 0.277 e. The summed E-state index contributed by atoms with van der Waals surface area (Å²) in [5, 5.41) is 8.58. The Morgan fingerprint density at radius 1 is 1.38 bits per heavy atom. The highest BCUT2D eigenvalue weighted by Gasteiger charge is 2.11. The van der Waals surface area contributed by atoms with Crippen LogP contribution in [0.4, 0.5) is 0 Å². The topological polar surface area (TPSA) is 56.0 Å². The van der Waals surface area contributed by atoms with E-state index in [0.29, 0.717) is 27.5 Å². The minimum Gasteiger partial charge on any atom is -0.411 e. The van der Waals surface area contributed by atoms with Crippen molar-refractivity contribution in [3.63, 3.8) is 0 Å². The van der Waals surface area contributed by atoms with E-state index in [-0.39, 0.29) is 0 Å². The summed E-state index contributed by atoms with van der Waals surface area (Å²) in [5.74, 6) is 0.656. The molecule has 0 atom stereocenters. The number of carbonyl (C=O) groups excluding carboxylic acids is 1. The molecule has 0 saturated heterocycles. The summed E-state index contributed by atoms with van der Waals surface area (Å²) >= 11 is 7.17. The van der Waals surface area contributed by atoms with Crippen molar-refractivity contribution in [1.82, 2.24) is 10.2 Å². The van der Waals surface area contributed by atoms with Crippen molar-refractivity contribution in [3.8, 4) is 11.5 Å². The molecule has 0 fully saturated rings. The molecule has 2 aromatic rings. The fourth-order valence-electron chi connectivity index (χ4n) is 1.12. The quantitative estimate of drug-likeness (QED) is 0.620. The lowest BCUT2D eigenvalue weighted by Crippen LogP contribution is -1.78. The van der Waals surface area contributed by atoms with Crippen molar-refractivity contribution >= 4 is 29.6 Å². The molecule has 82 valence electrons. The third kappa shape index (κ3) is 2.43. The number of rotatable bonds is 4. The maximum atomic E-state index is 10.2. The Balaban J connectivity index is 2.25. The molecule has 0 aliphatic carbocycles. The standard InChI is InChI=1S/C10H7ClN2O2S/c11-8-4-2-1-3-7(8)9-12-13-10(15-9)16-6-5-14/h1-5H,6H2. The fourth-order valence-corrected chi connectivity index (χ4v) is 1.78. The average Bonchev–Trinajstić information content (AvgIpc) is 2.75. The van der Waals surface area contributed by atoms with Gasteiger partial charge in [-0.05, 0) is 12.1 Å². The number of thioether (sulfide) groups is 1. The summed E-state index contributed by atoms with van der Waals surface area (Å²) in [7, 11) is 0. The number of hydrogen-bond acceptors (Lipinski definition) is 5. The van der Waals surface area contributed by atoms with E-state index in [9.17, 15) is 4.79 Å². The first-order valence-corrected chi connectivity index (χ1v) is 5.82. The zero-order valence-corrected chi connectivity index (χ0v) is 9.66.